The Kier molecular flexibility index (Phi) is 6.80. The average molecular weight is 574 g/mol. The molecule has 0 saturated carbocycles. The van der Waals surface area contributed by atoms with Crippen molar-refractivity contribution in [2.75, 3.05) is 34.5 Å². The normalized spacial score (nSPS) is 18.6. The first-order valence-electron chi connectivity index (χ1n) is 9.47. The SMILES string of the molecule is COc1c2c(cc3c1C(CC(=O)Cc1ccc(Br)cc1)[N+](C)(C)CC3)OCO2.[I-]. The van der Waals surface area contributed by atoms with E-state index < -0.39 is 0 Å². The molecule has 2 aromatic rings. The molecule has 0 spiro atoms. The summed E-state index contributed by atoms with van der Waals surface area (Å²) in [6.45, 7) is 1.17. The highest BCUT2D eigenvalue weighted by molar-refractivity contribution is 9.10. The van der Waals surface area contributed by atoms with Crippen LogP contribution in [0.15, 0.2) is 34.8 Å². The largest absolute Gasteiger partial charge is 1.00 e. The number of rotatable bonds is 5. The van der Waals surface area contributed by atoms with Gasteiger partial charge >= 0.3 is 0 Å². The molecule has 4 rings (SSSR count). The van der Waals surface area contributed by atoms with Gasteiger partial charge in [-0.2, -0.15) is 0 Å². The number of likely N-dealkylation sites (N-methyl/N-ethyl adjacent to an activating group) is 1. The van der Waals surface area contributed by atoms with Crippen LogP contribution in [-0.2, 0) is 17.6 Å². The highest BCUT2D eigenvalue weighted by atomic mass is 127. The van der Waals surface area contributed by atoms with Gasteiger partial charge in [0, 0.05) is 17.3 Å². The van der Waals surface area contributed by atoms with Crippen molar-refractivity contribution in [3.05, 3.63) is 51.5 Å². The lowest BCUT2D eigenvalue weighted by molar-refractivity contribution is -0.922. The van der Waals surface area contributed by atoms with Crippen LogP contribution < -0.4 is 38.2 Å². The van der Waals surface area contributed by atoms with Gasteiger partial charge in [-0.25, -0.2) is 0 Å². The molecule has 0 fully saturated rings. The van der Waals surface area contributed by atoms with Gasteiger partial charge in [-0.05, 0) is 29.3 Å². The monoisotopic (exact) mass is 573 g/mol. The quantitative estimate of drug-likeness (QED) is 0.397. The van der Waals surface area contributed by atoms with E-state index in [1.54, 1.807) is 7.11 Å². The van der Waals surface area contributed by atoms with Crippen LogP contribution in [0.2, 0.25) is 0 Å². The smallest absolute Gasteiger partial charge is 0.231 e. The summed E-state index contributed by atoms with van der Waals surface area (Å²) in [4.78, 5) is 13.0. The van der Waals surface area contributed by atoms with Crippen LogP contribution in [0.25, 0.3) is 0 Å². The summed E-state index contributed by atoms with van der Waals surface area (Å²) >= 11 is 3.44. The minimum atomic E-state index is 0. The zero-order valence-corrected chi connectivity index (χ0v) is 20.6. The van der Waals surface area contributed by atoms with Gasteiger partial charge in [0.2, 0.25) is 12.5 Å². The predicted octanol–water partition coefficient (Wildman–Crippen LogP) is 1.07. The molecule has 7 heteroatoms. The predicted molar refractivity (Wildman–Crippen MR) is 110 cm³/mol. The van der Waals surface area contributed by atoms with E-state index in [1.807, 2.05) is 24.3 Å². The third kappa shape index (κ3) is 4.41. The third-order valence-corrected chi connectivity index (χ3v) is 6.35. The Morgan fingerprint density at radius 1 is 1.24 bits per heavy atom. The number of ketones is 1. The molecule has 1 unspecified atom stereocenters. The van der Waals surface area contributed by atoms with Crippen molar-refractivity contribution in [1.29, 1.82) is 0 Å². The number of fused-ring (bicyclic) bond motifs is 2. The lowest BCUT2D eigenvalue weighted by atomic mass is 9.86. The first-order chi connectivity index (χ1) is 13.4. The molecule has 0 radical (unpaired) electrons. The second-order valence-corrected chi connectivity index (χ2v) is 8.95. The Balaban J connectivity index is 0.00000240. The summed E-state index contributed by atoms with van der Waals surface area (Å²) in [7, 11) is 6.03. The fourth-order valence-electron chi connectivity index (χ4n) is 4.23. The molecular weight excluding hydrogens is 549 g/mol. The van der Waals surface area contributed by atoms with Gasteiger partial charge in [-0.15, -0.1) is 0 Å². The summed E-state index contributed by atoms with van der Waals surface area (Å²) in [5, 5.41) is 0. The first-order valence-corrected chi connectivity index (χ1v) is 10.3. The van der Waals surface area contributed by atoms with Gasteiger partial charge in [-0.3, -0.25) is 4.79 Å². The van der Waals surface area contributed by atoms with Crippen molar-refractivity contribution in [2.45, 2.75) is 25.3 Å². The van der Waals surface area contributed by atoms with Gasteiger partial charge in [0.25, 0.3) is 0 Å². The summed E-state index contributed by atoms with van der Waals surface area (Å²) in [6, 6.07) is 10.0. The van der Waals surface area contributed by atoms with Gasteiger partial charge in [0.1, 0.15) is 11.8 Å². The number of methoxy groups -OCH3 is 1. The van der Waals surface area contributed by atoms with Crippen LogP contribution in [-0.4, -0.2) is 44.8 Å². The molecule has 0 aliphatic carbocycles. The van der Waals surface area contributed by atoms with Gasteiger partial charge in [0.15, 0.2) is 11.5 Å². The Morgan fingerprint density at radius 3 is 2.66 bits per heavy atom. The maximum absolute atomic E-state index is 13.0. The molecule has 0 aromatic heterocycles. The van der Waals surface area contributed by atoms with Crippen molar-refractivity contribution >= 4 is 21.7 Å². The minimum Gasteiger partial charge on any atom is -1.00 e. The molecule has 0 bridgehead atoms. The molecule has 2 aromatic carbocycles. The molecule has 0 N–H and O–H groups in total. The standard InChI is InChI=1S/C22H25BrNO4.HI/c1-24(2)9-8-15-11-19-21(28-13-27-19)22(26-3)20(15)18(24)12-17(25)10-14-4-6-16(23)7-5-14;/h4-7,11,18H,8-10,12-13H2,1-3H3;1H/q+1;/p-1. The van der Waals surface area contributed by atoms with Crippen LogP contribution in [0, 0.1) is 0 Å². The molecular formula is C22H25BrINO4. The molecule has 2 aliphatic heterocycles. The van der Waals surface area contributed by atoms with Crippen molar-refractivity contribution in [3.63, 3.8) is 0 Å². The molecule has 29 heavy (non-hydrogen) atoms. The number of carbonyl (C=O) groups excluding carboxylic acids is 1. The summed E-state index contributed by atoms with van der Waals surface area (Å²) in [5.41, 5.74) is 3.32. The van der Waals surface area contributed by atoms with Gasteiger partial charge in [0.05, 0.1) is 39.7 Å². The zero-order valence-electron chi connectivity index (χ0n) is 16.8. The second-order valence-electron chi connectivity index (χ2n) is 8.03. The van der Waals surface area contributed by atoms with Gasteiger partial charge in [-0.1, -0.05) is 28.1 Å². The highest BCUT2D eigenvalue weighted by Crippen LogP contribution is 2.51. The van der Waals surface area contributed by atoms with Crippen molar-refractivity contribution in [1.82, 2.24) is 0 Å². The number of hydrogen-bond acceptors (Lipinski definition) is 4. The Hall–Kier alpha value is -1.32. The van der Waals surface area contributed by atoms with E-state index in [4.69, 9.17) is 14.2 Å². The van der Waals surface area contributed by atoms with E-state index in [2.05, 4.69) is 36.1 Å². The van der Waals surface area contributed by atoms with E-state index in [0.29, 0.717) is 18.6 Å². The van der Waals surface area contributed by atoms with Crippen LogP contribution in [0.4, 0.5) is 0 Å². The van der Waals surface area contributed by atoms with E-state index in [-0.39, 0.29) is 42.6 Å². The number of hydrogen-bond donors (Lipinski definition) is 0. The zero-order chi connectivity index (χ0) is 19.9. The number of carbonyl (C=O) groups is 1. The fraction of sp³-hybridized carbons (Fsp3) is 0.409. The average Bonchev–Trinajstić information content (AvgIpc) is 3.12. The van der Waals surface area contributed by atoms with Crippen LogP contribution in [0.5, 0.6) is 17.2 Å². The lowest BCUT2D eigenvalue weighted by Gasteiger charge is -2.43. The molecule has 2 aliphatic rings. The number of halogens is 2. The Labute approximate surface area is 197 Å². The number of Topliss-reactive ketones (excluding diaryl/α,β-unsaturated/α-hetero) is 1. The van der Waals surface area contributed by atoms with E-state index in [9.17, 15) is 4.79 Å². The third-order valence-electron chi connectivity index (χ3n) is 5.82. The van der Waals surface area contributed by atoms with Gasteiger partial charge < -0.3 is 42.7 Å². The summed E-state index contributed by atoms with van der Waals surface area (Å²) in [5.74, 6) is 2.35. The fourth-order valence-corrected chi connectivity index (χ4v) is 4.50. The summed E-state index contributed by atoms with van der Waals surface area (Å²) in [6.07, 6.45) is 1.82. The first kappa shape index (κ1) is 22.4. The van der Waals surface area contributed by atoms with E-state index in [0.717, 1.165) is 44.5 Å². The molecule has 156 valence electrons. The second kappa shape index (κ2) is 8.81. The maximum atomic E-state index is 13.0. The number of quaternary nitrogens is 1. The Bertz CT molecular complexity index is 914. The molecule has 0 saturated heterocycles. The highest BCUT2D eigenvalue weighted by Gasteiger charge is 2.42. The Morgan fingerprint density at radius 2 is 1.97 bits per heavy atom. The lowest BCUT2D eigenvalue weighted by Crippen LogP contribution is -3.00. The van der Waals surface area contributed by atoms with Crippen LogP contribution >= 0.6 is 15.9 Å². The van der Waals surface area contributed by atoms with Crippen LogP contribution in [0.1, 0.15) is 29.2 Å². The molecule has 0 amide bonds. The van der Waals surface area contributed by atoms with E-state index >= 15 is 0 Å². The summed E-state index contributed by atoms with van der Waals surface area (Å²) < 4.78 is 18.8. The molecule has 5 nitrogen and oxygen atoms in total. The minimum absolute atomic E-state index is 0. The van der Waals surface area contributed by atoms with Crippen LogP contribution in [0.3, 0.4) is 0 Å². The number of ether oxygens (including phenoxy) is 3. The van der Waals surface area contributed by atoms with Crippen molar-refractivity contribution < 1.29 is 47.5 Å². The topological polar surface area (TPSA) is 44.8 Å². The maximum Gasteiger partial charge on any atom is 0.231 e. The van der Waals surface area contributed by atoms with Crippen molar-refractivity contribution in [2.24, 2.45) is 0 Å². The number of nitrogens with zero attached hydrogens (tertiary/aromatic N) is 1. The molecule has 1 atom stereocenters. The van der Waals surface area contributed by atoms with E-state index in [1.165, 1.54) is 5.56 Å². The number of benzene rings is 2. The van der Waals surface area contributed by atoms with Crippen molar-refractivity contribution in [3.8, 4) is 17.2 Å². The molecule has 2 heterocycles.